The zero-order valence-electron chi connectivity index (χ0n) is 15.7. The largest absolute Gasteiger partial charge is 0.355 e. The zero-order valence-corrected chi connectivity index (χ0v) is 15.7. The molecule has 140 valence electrons. The Bertz CT molecular complexity index is 731. The highest BCUT2D eigenvalue weighted by atomic mass is 16.2. The van der Waals surface area contributed by atoms with Crippen molar-refractivity contribution in [3.63, 3.8) is 0 Å². The first kappa shape index (κ1) is 18.4. The van der Waals surface area contributed by atoms with Crippen LogP contribution in [0.3, 0.4) is 0 Å². The average molecular weight is 357 g/mol. The van der Waals surface area contributed by atoms with Crippen LogP contribution in [0.2, 0.25) is 0 Å². The summed E-state index contributed by atoms with van der Waals surface area (Å²) in [7, 11) is 0. The molecule has 6 nitrogen and oxygen atoms in total. The Kier molecular flexibility index (Phi) is 5.03. The minimum atomic E-state index is -0.780. The highest BCUT2D eigenvalue weighted by molar-refractivity contribution is 6.11. The third-order valence-corrected chi connectivity index (χ3v) is 5.33. The van der Waals surface area contributed by atoms with Crippen molar-refractivity contribution in [3.05, 3.63) is 29.8 Å². The Labute approximate surface area is 154 Å². The van der Waals surface area contributed by atoms with E-state index in [-0.39, 0.29) is 24.3 Å². The molecular weight excluding hydrogens is 330 g/mol. The SMILES string of the molecule is CC(C)CCCNC(=O)CN1C(=O)c2ccccc2N2C(=O)CCC12C. The Morgan fingerprint density at radius 1 is 1.27 bits per heavy atom. The maximum absolute atomic E-state index is 13.0. The molecule has 1 fully saturated rings. The molecule has 2 aliphatic rings. The lowest BCUT2D eigenvalue weighted by Crippen LogP contribution is -2.63. The van der Waals surface area contributed by atoms with Crippen molar-refractivity contribution in [1.29, 1.82) is 0 Å². The lowest BCUT2D eigenvalue weighted by atomic mass is 9.98. The maximum atomic E-state index is 13.0. The van der Waals surface area contributed by atoms with Gasteiger partial charge in [0, 0.05) is 13.0 Å². The number of benzene rings is 1. The summed E-state index contributed by atoms with van der Waals surface area (Å²) in [6.07, 6.45) is 2.88. The summed E-state index contributed by atoms with van der Waals surface area (Å²) in [6, 6.07) is 7.13. The number of hydrogen-bond acceptors (Lipinski definition) is 3. The van der Waals surface area contributed by atoms with Gasteiger partial charge in [-0.05, 0) is 44.2 Å². The van der Waals surface area contributed by atoms with E-state index in [9.17, 15) is 14.4 Å². The maximum Gasteiger partial charge on any atom is 0.258 e. The number of para-hydroxylation sites is 1. The molecule has 1 aromatic carbocycles. The molecule has 1 aromatic rings. The van der Waals surface area contributed by atoms with E-state index in [2.05, 4.69) is 19.2 Å². The Hall–Kier alpha value is -2.37. The van der Waals surface area contributed by atoms with Gasteiger partial charge in [0.25, 0.3) is 5.91 Å². The number of nitrogens with zero attached hydrogens (tertiary/aromatic N) is 2. The molecule has 1 atom stereocenters. The van der Waals surface area contributed by atoms with Crippen molar-refractivity contribution in [2.45, 2.75) is 52.1 Å². The lowest BCUT2D eigenvalue weighted by molar-refractivity contribution is -0.124. The van der Waals surface area contributed by atoms with Crippen LogP contribution in [0.25, 0.3) is 0 Å². The number of hydrogen-bond donors (Lipinski definition) is 1. The highest BCUT2D eigenvalue weighted by Crippen LogP contribution is 2.43. The standard InChI is InChI=1S/C20H27N3O3/c1-14(2)7-6-12-21-17(24)13-22-19(26)15-8-4-5-9-16(15)23-18(25)10-11-20(22,23)3/h4-5,8-9,14H,6-7,10-13H2,1-3H3,(H,21,24). The minimum Gasteiger partial charge on any atom is -0.355 e. The van der Waals surface area contributed by atoms with Gasteiger partial charge in [-0.2, -0.15) is 0 Å². The van der Waals surface area contributed by atoms with E-state index in [1.54, 1.807) is 28.0 Å². The molecule has 3 rings (SSSR count). The third kappa shape index (κ3) is 3.20. The first-order chi connectivity index (χ1) is 12.3. The molecule has 1 N–H and O–H groups in total. The van der Waals surface area contributed by atoms with Crippen LogP contribution in [0.1, 0.15) is 56.8 Å². The second-order valence-corrected chi connectivity index (χ2v) is 7.74. The van der Waals surface area contributed by atoms with Crippen LogP contribution in [-0.4, -0.2) is 41.4 Å². The van der Waals surface area contributed by atoms with Crippen molar-refractivity contribution in [2.24, 2.45) is 5.92 Å². The lowest BCUT2D eigenvalue weighted by Gasteiger charge is -2.48. The van der Waals surface area contributed by atoms with E-state index in [4.69, 9.17) is 0 Å². The van der Waals surface area contributed by atoms with Gasteiger partial charge in [0.2, 0.25) is 11.8 Å². The number of amides is 3. The Morgan fingerprint density at radius 2 is 2.00 bits per heavy atom. The van der Waals surface area contributed by atoms with Gasteiger partial charge >= 0.3 is 0 Å². The van der Waals surface area contributed by atoms with Gasteiger partial charge in [-0.25, -0.2) is 0 Å². The molecule has 0 aromatic heterocycles. The van der Waals surface area contributed by atoms with Crippen LogP contribution in [0.5, 0.6) is 0 Å². The molecule has 2 heterocycles. The van der Waals surface area contributed by atoms with Gasteiger partial charge < -0.3 is 10.2 Å². The topological polar surface area (TPSA) is 69.7 Å². The second-order valence-electron chi connectivity index (χ2n) is 7.74. The number of anilines is 1. The third-order valence-electron chi connectivity index (χ3n) is 5.33. The van der Waals surface area contributed by atoms with Crippen LogP contribution < -0.4 is 10.2 Å². The van der Waals surface area contributed by atoms with Crippen molar-refractivity contribution in [1.82, 2.24) is 10.2 Å². The summed E-state index contributed by atoms with van der Waals surface area (Å²) in [6.45, 7) is 6.75. The molecule has 0 saturated carbocycles. The summed E-state index contributed by atoms with van der Waals surface area (Å²) in [5, 5.41) is 2.90. The molecule has 26 heavy (non-hydrogen) atoms. The van der Waals surface area contributed by atoms with Gasteiger partial charge in [0.15, 0.2) is 0 Å². The average Bonchev–Trinajstić information content (AvgIpc) is 2.91. The predicted octanol–water partition coefficient (Wildman–Crippen LogP) is 2.54. The number of carbonyl (C=O) groups is 3. The molecule has 1 saturated heterocycles. The molecule has 1 unspecified atom stereocenters. The summed E-state index contributed by atoms with van der Waals surface area (Å²) in [4.78, 5) is 41.2. The predicted molar refractivity (Wildman–Crippen MR) is 99.7 cm³/mol. The number of rotatable bonds is 6. The van der Waals surface area contributed by atoms with Gasteiger partial charge in [-0.1, -0.05) is 26.0 Å². The molecule has 0 bridgehead atoms. The summed E-state index contributed by atoms with van der Waals surface area (Å²) in [5.74, 6) is 0.229. The molecule has 0 aliphatic carbocycles. The summed E-state index contributed by atoms with van der Waals surface area (Å²) < 4.78 is 0. The van der Waals surface area contributed by atoms with Gasteiger partial charge in [0.05, 0.1) is 11.3 Å². The van der Waals surface area contributed by atoms with E-state index < -0.39 is 5.66 Å². The van der Waals surface area contributed by atoms with E-state index in [1.165, 1.54) is 0 Å². The van der Waals surface area contributed by atoms with Crippen molar-refractivity contribution in [2.75, 3.05) is 18.0 Å². The van der Waals surface area contributed by atoms with Gasteiger partial charge in [-0.15, -0.1) is 0 Å². The number of carbonyl (C=O) groups excluding carboxylic acids is 3. The molecular formula is C20H27N3O3. The molecule has 2 aliphatic heterocycles. The van der Waals surface area contributed by atoms with Crippen LogP contribution in [-0.2, 0) is 9.59 Å². The molecule has 6 heteroatoms. The van der Waals surface area contributed by atoms with E-state index in [0.29, 0.717) is 36.6 Å². The van der Waals surface area contributed by atoms with E-state index in [1.807, 2.05) is 13.0 Å². The smallest absolute Gasteiger partial charge is 0.258 e. The van der Waals surface area contributed by atoms with Gasteiger partial charge in [-0.3, -0.25) is 19.3 Å². The number of fused-ring (bicyclic) bond motifs is 3. The second kappa shape index (κ2) is 7.09. The first-order valence-corrected chi connectivity index (χ1v) is 9.35. The van der Waals surface area contributed by atoms with Crippen molar-refractivity contribution in [3.8, 4) is 0 Å². The van der Waals surface area contributed by atoms with Crippen LogP contribution in [0.15, 0.2) is 24.3 Å². The normalized spacial score (nSPS) is 21.8. The fraction of sp³-hybridized carbons (Fsp3) is 0.550. The first-order valence-electron chi connectivity index (χ1n) is 9.35. The van der Waals surface area contributed by atoms with Gasteiger partial charge in [0.1, 0.15) is 12.2 Å². The fourth-order valence-corrected chi connectivity index (χ4v) is 3.88. The Balaban J connectivity index is 1.78. The van der Waals surface area contributed by atoms with Crippen molar-refractivity contribution >= 4 is 23.4 Å². The monoisotopic (exact) mass is 357 g/mol. The van der Waals surface area contributed by atoms with E-state index >= 15 is 0 Å². The molecule has 0 radical (unpaired) electrons. The van der Waals surface area contributed by atoms with Crippen LogP contribution in [0.4, 0.5) is 5.69 Å². The van der Waals surface area contributed by atoms with Crippen molar-refractivity contribution < 1.29 is 14.4 Å². The molecule has 0 spiro atoms. The Morgan fingerprint density at radius 3 is 2.73 bits per heavy atom. The van der Waals surface area contributed by atoms with Crippen LogP contribution >= 0.6 is 0 Å². The molecule has 3 amide bonds. The summed E-state index contributed by atoms with van der Waals surface area (Å²) >= 11 is 0. The highest BCUT2D eigenvalue weighted by Gasteiger charge is 2.53. The van der Waals surface area contributed by atoms with E-state index in [0.717, 1.165) is 12.8 Å². The quantitative estimate of drug-likeness (QED) is 0.796. The fourth-order valence-electron chi connectivity index (χ4n) is 3.88. The minimum absolute atomic E-state index is 0.00482. The number of nitrogens with one attached hydrogen (secondary N) is 1. The summed E-state index contributed by atoms with van der Waals surface area (Å²) in [5.41, 5.74) is 0.349. The zero-order chi connectivity index (χ0) is 18.9. The van der Waals surface area contributed by atoms with Crippen LogP contribution in [0, 0.1) is 5.92 Å².